The van der Waals surface area contributed by atoms with E-state index in [0.717, 1.165) is 38.0 Å². The maximum Gasteiger partial charge on any atom is 0.211 e. The Balaban J connectivity index is 1.74. The molecule has 0 unspecified atom stereocenters. The number of ether oxygens (including phenoxy) is 1. The summed E-state index contributed by atoms with van der Waals surface area (Å²) in [4.78, 5) is 9.22. The average Bonchev–Trinajstić information content (AvgIpc) is 3.16. The van der Waals surface area contributed by atoms with Gasteiger partial charge in [-0.3, -0.25) is 4.98 Å². The lowest BCUT2D eigenvalue weighted by Gasteiger charge is -2.09. The van der Waals surface area contributed by atoms with Gasteiger partial charge in [0.05, 0.1) is 18.1 Å². The number of anilines is 2. The Morgan fingerprint density at radius 3 is 2.74 bits per heavy atom. The van der Waals surface area contributed by atoms with Crippen molar-refractivity contribution in [2.45, 2.75) is 19.8 Å². The van der Waals surface area contributed by atoms with Crippen molar-refractivity contribution in [2.75, 3.05) is 12.4 Å². The summed E-state index contributed by atoms with van der Waals surface area (Å²) in [5.74, 6) is 1.87. The Bertz CT molecular complexity index is 1090. The van der Waals surface area contributed by atoms with Gasteiger partial charge in [-0.2, -0.15) is 0 Å². The monoisotopic (exact) mass is 377 g/mol. The zero-order valence-corrected chi connectivity index (χ0v) is 16.1. The van der Waals surface area contributed by atoms with Gasteiger partial charge >= 0.3 is 0 Å². The van der Waals surface area contributed by atoms with Crippen LogP contribution in [0.2, 0.25) is 0 Å². The van der Waals surface area contributed by atoms with E-state index in [1.807, 2.05) is 42.5 Å². The third kappa shape index (κ3) is 3.59. The molecule has 6 nitrogen and oxygen atoms in total. The Morgan fingerprint density at radius 1 is 1.07 bits per heavy atom. The fourth-order valence-electron chi connectivity index (χ4n) is 2.75. The van der Waals surface area contributed by atoms with Crippen molar-refractivity contribution < 1.29 is 4.74 Å². The number of benzene rings is 1. The number of pyridine rings is 2. The van der Waals surface area contributed by atoms with Crippen molar-refractivity contribution in [3.63, 3.8) is 0 Å². The number of fused-ring (bicyclic) bond motifs is 1. The Kier molecular flexibility index (Phi) is 4.68. The fourth-order valence-corrected chi connectivity index (χ4v) is 3.50. The van der Waals surface area contributed by atoms with Gasteiger partial charge in [-0.25, -0.2) is 4.98 Å². The van der Waals surface area contributed by atoms with Crippen molar-refractivity contribution in [2.24, 2.45) is 0 Å². The molecular formula is C20H19N5OS. The number of aromatic nitrogens is 4. The molecule has 3 heterocycles. The van der Waals surface area contributed by atoms with Crippen LogP contribution >= 0.6 is 11.3 Å². The topological polar surface area (TPSA) is 72.8 Å². The molecule has 0 atom stereocenters. The van der Waals surface area contributed by atoms with Gasteiger partial charge in [0, 0.05) is 17.7 Å². The molecule has 0 saturated carbocycles. The van der Waals surface area contributed by atoms with E-state index in [1.165, 1.54) is 0 Å². The third-order valence-electron chi connectivity index (χ3n) is 4.13. The smallest absolute Gasteiger partial charge is 0.211 e. The van der Waals surface area contributed by atoms with Gasteiger partial charge in [0.2, 0.25) is 5.13 Å². The molecule has 0 aliphatic heterocycles. The van der Waals surface area contributed by atoms with Gasteiger partial charge in [0.25, 0.3) is 0 Å². The largest absolute Gasteiger partial charge is 0.497 e. The second kappa shape index (κ2) is 7.28. The normalized spacial score (nSPS) is 11.1. The maximum absolute atomic E-state index is 5.35. The molecule has 0 amide bonds. The molecule has 4 rings (SSSR count). The third-order valence-corrected chi connectivity index (χ3v) is 5.27. The van der Waals surface area contributed by atoms with Crippen molar-refractivity contribution >= 4 is 33.3 Å². The predicted molar refractivity (Wildman–Crippen MR) is 109 cm³/mol. The molecule has 0 bridgehead atoms. The quantitative estimate of drug-likeness (QED) is 0.526. The van der Waals surface area contributed by atoms with E-state index < -0.39 is 0 Å². The highest BCUT2D eigenvalue weighted by molar-refractivity contribution is 7.15. The summed E-state index contributed by atoms with van der Waals surface area (Å²) >= 11 is 1.54. The van der Waals surface area contributed by atoms with Gasteiger partial charge in [0.15, 0.2) is 0 Å². The molecule has 0 aliphatic rings. The van der Waals surface area contributed by atoms with Crippen molar-refractivity contribution in [3.05, 3.63) is 53.7 Å². The van der Waals surface area contributed by atoms with E-state index in [-0.39, 0.29) is 0 Å². The van der Waals surface area contributed by atoms with Gasteiger partial charge in [-0.1, -0.05) is 37.3 Å². The number of nitrogens with zero attached hydrogens (tertiary/aromatic N) is 4. The van der Waals surface area contributed by atoms with Crippen LogP contribution in [0.4, 0.5) is 10.9 Å². The minimum atomic E-state index is 0.353. The van der Waals surface area contributed by atoms with Crippen LogP contribution < -0.4 is 10.1 Å². The van der Waals surface area contributed by atoms with Gasteiger partial charge in [0.1, 0.15) is 16.6 Å². The number of methoxy groups -OCH3 is 1. The molecule has 27 heavy (non-hydrogen) atoms. The molecule has 0 radical (unpaired) electrons. The lowest BCUT2D eigenvalue weighted by atomic mass is 10.0. The minimum absolute atomic E-state index is 0.353. The summed E-state index contributed by atoms with van der Waals surface area (Å²) in [6.45, 7) is 4.20. The van der Waals surface area contributed by atoms with Crippen LogP contribution in [0.15, 0.2) is 48.7 Å². The molecule has 0 saturated heterocycles. The van der Waals surface area contributed by atoms with Crippen molar-refractivity contribution in [3.8, 4) is 16.9 Å². The molecule has 1 N–H and O–H groups in total. The minimum Gasteiger partial charge on any atom is -0.497 e. The van der Waals surface area contributed by atoms with E-state index in [4.69, 9.17) is 9.72 Å². The Hall–Kier alpha value is -3.06. The van der Waals surface area contributed by atoms with Gasteiger partial charge in [-0.05, 0) is 35.9 Å². The number of rotatable bonds is 5. The summed E-state index contributed by atoms with van der Waals surface area (Å²) < 4.78 is 5.35. The van der Waals surface area contributed by atoms with Crippen LogP contribution in [0.25, 0.3) is 22.2 Å². The lowest BCUT2D eigenvalue weighted by molar-refractivity contribution is 0.415. The SMILES string of the molecule is COc1cccc(-c2ccnc3ccc(Nc4nnc(C(C)C)s4)nc23)c1. The first kappa shape index (κ1) is 17.4. The molecule has 7 heteroatoms. The van der Waals surface area contributed by atoms with Crippen LogP contribution in [0, 0.1) is 0 Å². The van der Waals surface area contributed by atoms with Crippen LogP contribution in [0.1, 0.15) is 24.8 Å². The first-order chi connectivity index (χ1) is 13.1. The first-order valence-corrected chi connectivity index (χ1v) is 9.46. The molecule has 0 spiro atoms. The summed E-state index contributed by atoms with van der Waals surface area (Å²) in [6.07, 6.45) is 1.80. The Morgan fingerprint density at radius 2 is 1.96 bits per heavy atom. The van der Waals surface area contributed by atoms with Crippen LogP contribution in [-0.4, -0.2) is 27.3 Å². The summed E-state index contributed by atoms with van der Waals surface area (Å²) in [5.41, 5.74) is 3.69. The van der Waals surface area contributed by atoms with Crippen molar-refractivity contribution in [1.82, 2.24) is 20.2 Å². The van der Waals surface area contributed by atoms with E-state index in [9.17, 15) is 0 Å². The van der Waals surface area contributed by atoms with E-state index >= 15 is 0 Å². The highest BCUT2D eigenvalue weighted by atomic mass is 32.1. The number of hydrogen-bond donors (Lipinski definition) is 1. The average molecular weight is 377 g/mol. The summed E-state index contributed by atoms with van der Waals surface area (Å²) in [6, 6.07) is 13.8. The lowest BCUT2D eigenvalue weighted by Crippen LogP contribution is -1.95. The zero-order chi connectivity index (χ0) is 18.8. The standard InChI is InChI=1S/C20H19N5OS/c1-12(2)19-24-25-20(27-19)23-17-8-7-16-18(22-17)15(9-10-21-16)13-5-4-6-14(11-13)26-3/h4-12H,1-3H3,(H,22,23,25). The predicted octanol–water partition coefficient (Wildman–Crippen LogP) is 5.02. The summed E-state index contributed by atoms with van der Waals surface area (Å²) in [7, 11) is 1.66. The first-order valence-electron chi connectivity index (χ1n) is 8.64. The second-order valence-corrected chi connectivity index (χ2v) is 7.39. The van der Waals surface area contributed by atoms with Gasteiger partial charge in [-0.15, -0.1) is 10.2 Å². The molecule has 1 aromatic carbocycles. The highest BCUT2D eigenvalue weighted by Gasteiger charge is 2.11. The molecule has 3 aromatic heterocycles. The van der Waals surface area contributed by atoms with Crippen LogP contribution in [-0.2, 0) is 0 Å². The number of nitrogens with one attached hydrogen (secondary N) is 1. The van der Waals surface area contributed by atoms with Crippen LogP contribution in [0.5, 0.6) is 5.75 Å². The van der Waals surface area contributed by atoms with Gasteiger partial charge < -0.3 is 10.1 Å². The molecule has 0 aliphatic carbocycles. The van der Waals surface area contributed by atoms with E-state index in [0.29, 0.717) is 11.7 Å². The molecule has 0 fully saturated rings. The molecule has 136 valence electrons. The summed E-state index contributed by atoms with van der Waals surface area (Å²) in [5, 5.41) is 13.4. The molecular weight excluding hydrogens is 358 g/mol. The van der Waals surface area contributed by atoms with E-state index in [2.05, 4.69) is 34.3 Å². The highest BCUT2D eigenvalue weighted by Crippen LogP contribution is 2.30. The van der Waals surface area contributed by atoms with Crippen molar-refractivity contribution in [1.29, 1.82) is 0 Å². The fraction of sp³-hybridized carbons (Fsp3) is 0.200. The maximum atomic E-state index is 5.35. The molecule has 4 aromatic rings. The number of hydrogen-bond acceptors (Lipinski definition) is 7. The van der Waals surface area contributed by atoms with E-state index in [1.54, 1.807) is 24.6 Å². The Labute approximate surface area is 161 Å². The zero-order valence-electron chi connectivity index (χ0n) is 15.3. The second-order valence-electron chi connectivity index (χ2n) is 6.38. The van der Waals surface area contributed by atoms with Crippen LogP contribution in [0.3, 0.4) is 0 Å².